The zero-order valence-electron chi connectivity index (χ0n) is 10.5. The lowest BCUT2D eigenvalue weighted by molar-refractivity contribution is 1.21. The van der Waals surface area contributed by atoms with Gasteiger partial charge in [0.15, 0.2) is 0 Å². The fourth-order valence-corrected chi connectivity index (χ4v) is 2.42. The molecule has 19 heavy (non-hydrogen) atoms. The summed E-state index contributed by atoms with van der Waals surface area (Å²) in [5.74, 6) is 0. The van der Waals surface area contributed by atoms with Crippen LogP contribution >= 0.6 is 0 Å². The van der Waals surface area contributed by atoms with Crippen molar-refractivity contribution in [2.24, 2.45) is 0 Å². The van der Waals surface area contributed by atoms with Gasteiger partial charge in [-0.05, 0) is 40.5 Å². The maximum atomic E-state index is 8.95. The summed E-state index contributed by atoms with van der Waals surface area (Å²) in [6.07, 6.45) is 0.858. The van der Waals surface area contributed by atoms with Crippen LogP contribution in [0.3, 0.4) is 0 Å². The number of nitriles is 1. The summed E-state index contributed by atoms with van der Waals surface area (Å²) in [6, 6.07) is 24.8. The summed E-state index contributed by atoms with van der Waals surface area (Å²) in [4.78, 5) is 0. The van der Waals surface area contributed by atoms with Crippen LogP contribution in [0.15, 0.2) is 66.7 Å². The third-order valence-corrected chi connectivity index (χ3v) is 3.33. The van der Waals surface area contributed by atoms with Crippen molar-refractivity contribution < 1.29 is 0 Å². The van der Waals surface area contributed by atoms with E-state index in [1.54, 1.807) is 0 Å². The highest BCUT2D eigenvalue weighted by atomic mass is 14.2. The maximum Gasteiger partial charge on any atom is 0.0991 e. The second-order valence-corrected chi connectivity index (χ2v) is 4.63. The van der Waals surface area contributed by atoms with Gasteiger partial charge in [-0.2, -0.15) is 5.26 Å². The van der Waals surface area contributed by atoms with Crippen LogP contribution in [0.2, 0.25) is 0 Å². The topological polar surface area (TPSA) is 23.8 Å². The molecule has 0 bridgehead atoms. The van der Waals surface area contributed by atoms with E-state index in [-0.39, 0.29) is 0 Å². The van der Waals surface area contributed by atoms with Crippen molar-refractivity contribution >= 4 is 10.8 Å². The van der Waals surface area contributed by atoms with E-state index in [1.165, 1.54) is 21.9 Å². The largest absolute Gasteiger partial charge is 0.192 e. The monoisotopic (exact) mass is 243 g/mol. The van der Waals surface area contributed by atoms with Crippen LogP contribution in [0.25, 0.3) is 10.8 Å². The van der Waals surface area contributed by atoms with E-state index >= 15 is 0 Å². The predicted molar refractivity (Wildman–Crippen MR) is 77.9 cm³/mol. The quantitative estimate of drug-likeness (QED) is 0.658. The fraction of sp³-hybridized carbons (Fsp3) is 0.0556. The molecule has 0 aliphatic carbocycles. The standard InChI is InChI=1S/C18H13N/c19-13-15-6-3-5-14(11-15)12-17-9-4-8-16-7-1-2-10-18(16)17/h1-11H,12H2. The first-order chi connectivity index (χ1) is 9.36. The number of hydrogen-bond acceptors (Lipinski definition) is 1. The van der Waals surface area contributed by atoms with Crippen molar-refractivity contribution in [3.8, 4) is 6.07 Å². The summed E-state index contributed by atoms with van der Waals surface area (Å²) in [7, 11) is 0. The van der Waals surface area contributed by atoms with E-state index in [0.29, 0.717) is 0 Å². The van der Waals surface area contributed by atoms with E-state index in [1.807, 2.05) is 18.2 Å². The number of nitrogens with zero attached hydrogens (tertiary/aromatic N) is 1. The first-order valence-corrected chi connectivity index (χ1v) is 6.32. The summed E-state index contributed by atoms with van der Waals surface area (Å²) < 4.78 is 0. The van der Waals surface area contributed by atoms with Gasteiger partial charge >= 0.3 is 0 Å². The van der Waals surface area contributed by atoms with Crippen LogP contribution in [0.1, 0.15) is 16.7 Å². The average Bonchev–Trinajstić information content (AvgIpc) is 2.48. The molecule has 3 aromatic carbocycles. The lowest BCUT2D eigenvalue weighted by Crippen LogP contribution is -1.90. The second-order valence-electron chi connectivity index (χ2n) is 4.63. The molecule has 0 saturated carbocycles. The number of hydrogen-bond donors (Lipinski definition) is 0. The molecule has 90 valence electrons. The van der Waals surface area contributed by atoms with Crippen LogP contribution in [0.5, 0.6) is 0 Å². The van der Waals surface area contributed by atoms with E-state index in [2.05, 4.69) is 54.6 Å². The van der Waals surface area contributed by atoms with Crippen LogP contribution in [-0.2, 0) is 6.42 Å². The fourth-order valence-electron chi connectivity index (χ4n) is 2.42. The normalized spacial score (nSPS) is 10.3. The first-order valence-electron chi connectivity index (χ1n) is 6.32. The van der Waals surface area contributed by atoms with Crippen molar-refractivity contribution in [2.75, 3.05) is 0 Å². The molecule has 0 fully saturated rings. The molecule has 0 aliphatic rings. The van der Waals surface area contributed by atoms with Gasteiger partial charge in [0.2, 0.25) is 0 Å². The molecule has 1 nitrogen and oxygen atoms in total. The van der Waals surface area contributed by atoms with Gasteiger partial charge < -0.3 is 0 Å². The SMILES string of the molecule is N#Cc1cccc(Cc2cccc3ccccc23)c1. The number of fused-ring (bicyclic) bond motifs is 1. The molecule has 0 radical (unpaired) electrons. The molecule has 0 N–H and O–H groups in total. The first kappa shape index (κ1) is 11.5. The lowest BCUT2D eigenvalue weighted by atomic mass is 9.98. The van der Waals surface area contributed by atoms with Crippen LogP contribution < -0.4 is 0 Å². The average molecular weight is 243 g/mol. The Balaban J connectivity index is 2.04. The molecule has 0 unspecified atom stereocenters. The van der Waals surface area contributed by atoms with E-state index in [4.69, 9.17) is 5.26 Å². The summed E-state index contributed by atoms with van der Waals surface area (Å²) in [5, 5.41) is 11.5. The number of benzene rings is 3. The Bertz CT molecular complexity index is 760. The van der Waals surface area contributed by atoms with Gasteiger partial charge in [-0.25, -0.2) is 0 Å². The van der Waals surface area contributed by atoms with Gasteiger partial charge in [-0.3, -0.25) is 0 Å². The third kappa shape index (κ3) is 2.34. The Morgan fingerprint density at radius 1 is 0.842 bits per heavy atom. The molecule has 0 spiro atoms. The Labute approximate surface area is 112 Å². The number of rotatable bonds is 2. The Kier molecular flexibility index (Phi) is 3.00. The van der Waals surface area contributed by atoms with E-state index in [9.17, 15) is 0 Å². The molecule has 3 aromatic rings. The molecule has 0 saturated heterocycles. The zero-order valence-corrected chi connectivity index (χ0v) is 10.5. The minimum absolute atomic E-state index is 0.720. The van der Waals surface area contributed by atoms with Gasteiger partial charge in [-0.1, -0.05) is 54.6 Å². The van der Waals surface area contributed by atoms with E-state index in [0.717, 1.165) is 12.0 Å². The molecule has 3 rings (SSSR count). The minimum atomic E-state index is 0.720. The molecule has 0 aliphatic heterocycles. The second kappa shape index (κ2) is 4.96. The zero-order chi connectivity index (χ0) is 13.1. The minimum Gasteiger partial charge on any atom is -0.192 e. The van der Waals surface area contributed by atoms with Crippen LogP contribution in [-0.4, -0.2) is 0 Å². The van der Waals surface area contributed by atoms with Gasteiger partial charge in [-0.15, -0.1) is 0 Å². The van der Waals surface area contributed by atoms with Crippen molar-refractivity contribution in [3.63, 3.8) is 0 Å². The molecule has 0 heterocycles. The van der Waals surface area contributed by atoms with E-state index < -0.39 is 0 Å². The molecule has 1 heteroatoms. The van der Waals surface area contributed by atoms with Gasteiger partial charge in [0, 0.05) is 0 Å². The summed E-state index contributed by atoms with van der Waals surface area (Å²) >= 11 is 0. The Morgan fingerprint density at radius 3 is 2.53 bits per heavy atom. The summed E-state index contributed by atoms with van der Waals surface area (Å²) in [6.45, 7) is 0. The molecular formula is C18H13N. The van der Waals surface area contributed by atoms with Crippen molar-refractivity contribution in [1.82, 2.24) is 0 Å². The predicted octanol–water partition coefficient (Wildman–Crippen LogP) is 4.30. The molecule has 0 amide bonds. The maximum absolute atomic E-state index is 8.95. The van der Waals surface area contributed by atoms with Crippen LogP contribution in [0, 0.1) is 11.3 Å². The van der Waals surface area contributed by atoms with Gasteiger partial charge in [0.25, 0.3) is 0 Å². The van der Waals surface area contributed by atoms with Gasteiger partial charge in [0.05, 0.1) is 11.6 Å². The molecular weight excluding hydrogens is 230 g/mol. The smallest absolute Gasteiger partial charge is 0.0991 e. The van der Waals surface area contributed by atoms with Crippen molar-refractivity contribution in [3.05, 3.63) is 83.4 Å². The summed E-state index contributed by atoms with van der Waals surface area (Å²) in [5.41, 5.74) is 3.20. The van der Waals surface area contributed by atoms with Crippen molar-refractivity contribution in [2.45, 2.75) is 6.42 Å². The van der Waals surface area contributed by atoms with Crippen molar-refractivity contribution in [1.29, 1.82) is 5.26 Å². The highest BCUT2D eigenvalue weighted by Gasteiger charge is 2.02. The molecule has 0 aromatic heterocycles. The highest BCUT2D eigenvalue weighted by Crippen LogP contribution is 2.21. The lowest BCUT2D eigenvalue weighted by Gasteiger charge is -2.07. The third-order valence-electron chi connectivity index (χ3n) is 3.33. The molecule has 0 atom stereocenters. The Morgan fingerprint density at radius 2 is 1.63 bits per heavy atom. The Hall–Kier alpha value is -2.59. The van der Waals surface area contributed by atoms with Crippen LogP contribution in [0.4, 0.5) is 0 Å². The van der Waals surface area contributed by atoms with Gasteiger partial charge in [0.1, 0.15) is 0 Å². The highest BCUT2D eigenvalue weighted by molar-refractivity contribution is 5.85.